The van der Waals surface area contributed by atoms with Gasteiger partial charge in [-0.25, -0.2) is 18.1 Å². The van der Waals surface area contributed by atoms with Gasteiger partial charge in [-0.1, -0.05) is 60.7 Å². The van der Waals surface area contributed by atoms with Crippen LogP contribution in [0.3, 0.4) is 0 Å². The molecule has 3 aliphatic carbocycles. The van der Waals surface area contributed by atoms with E-state index < -0.39 is 0 Å². The molecule has 6 bridgehead atoms. The lowest BCUT2D eigenvalue weighted by Gasteiger charge is -2.32. The van der Waals surface area contributed by atoms with Crippen molar-refractivity contribution in [3.05, 3.63) is 179 Å². The average Bonchev–Trinajstić information content (AvgIpc) is 4.09. The van der Waals surface area contributed by atoms with E-state index >= 15 is 0 Å². The highest BCUT2D eigenvalue weighted by Gasteiger charge is 2.43. The van der Waals surface area contributed by atoms with Crippen molar-refractivity contribution in [2.24, 2.45) is 11.8 Å². The van der Waals surface area contributed by atoms with E-state index in [-0.39, 0.29) is 17.6 Å². The van der Waals surface area contributed by atoms with E-state index in [0.717, 1.165) is 75.7 Å². The Bertz CT molecular complexity index is 2550. The summed E-state index contributed by atoms with van der Waals surface area (Å²) in [6, 6.07) is 34.4. The summed E-state index contributed by atoms with van der Waals surface area (Å²) in [6.07, 6.45) is 9.51. The quantitative estimate of drug-likeness (QED) is 0.162. The Kier molecular flexibility index (Phi) is 11.7. The number of carbonyl (C=O) groups is 1. The van der Waals surface area contributed by atoms with Gasteiger partial charge in [-0.15, -0.1) is 0 Å². The Morgan fingerprint density at radius 1 is 0.587 bits per heavy atom. The number of piperidine rings is 3. The van der Waals surface area contributed by atoms with E-state index in [2.05, 4.69) is 79.9 Å². The number of nitrogens with zero attached hydrogens (tertiary/aromatic N) is 7. The Hall–Kier alpha value is -5.75. The number of halogens is 2. The summed E-state index contributed by atoms with van der Waals surface area (Å²) in [7, 11) is 3.98. The number of aromatic nitrogens is 4. The zero-order chi connectivity index (χ0) is 43.0. The van der Waals surface area contributed by atoms with E-state index in [0.29, 0.717) is 35.4 Å². The maximum atomic E-state index is 13.2. The van der Waals surface area contributed by atoms with Crippen molar-refractivity contribution in [3.8, 4) is 11.4 Å². The lowest BCUT2D eigenvalue weighted by Crippen LogP contribution is -2.36. The van der Waals surface area contributed by atoms with Gasteiger partial charge in [0.2, 0.25) is 0 Å². The summed E-state index contributed by atoms with van der Waals surface area (Å²) >= 11 is 0. The second-order valence-corrected chi connectivity index (χ2v) is 18.6. The van der Waals surface area contributed by atoms with Gasteiger partial charge in [0.05, 0.1) is 35.2 Å². The van der Waals surface area contributed by atoms with Gasteiger partial charge in [0.25, 0.3) is 0 Å². The Morgan fingerprint density at radius 3 is 1.62 bits per heavy atom. The van der Waals surface area contributed by atoms with Crippen molar-refractivity contribution in [2.45, 2.75) is 56.0 Å². The van der Waals surface area contributed by atoms with Crippen LogP contribution in [0.15, 0.2) is 133 Å². The van der Waals surface area contributed by atoms with Crippen LogP contribution in [-0.2, 0) is 17.9 Å². The van der Waals surface area contributed by atoms with Crippen molar-refractivity contribution in [1.82, 2.24) is 39.6 Å². The van der Waals surface area contributed by atoms with Gasteiger partial charge in [-0.05, 0) is 90.0 Å². The molecule has 324 valence electrons. The first-order valence-corrected chi connectivity index (χ1v) is 22.6. The molecule has 0 spiro atoms. The third-order valence-electron chi connectivity index (χ3n) is 13.9. The number of benzene rings is 4. The number of ketones is 1. The molecule has 4 aromatic carbocycles. The van der Waals surface area contributed by atoms with Gasteiger partial charge < -0.3 is 10.2 Å². The molecular weight excluding hydrogens is 791 g/mol. The minimum absolute atomic E-state index is 0.206. The second kappa shape index (κ2) is 17.8. The summed E-state index contributed by atoms with van der Waals surface area (Å²) in [5.41, 5.74) is 11.0. The molecule has 2 aromatic heterocycles. The summed E-state index contributed by atoms with van der Waals surface area (Å²) < 4.78 is 30.2. The molecule has 5 heterocycles. The molecule has 3 aliphatic heterocycles. The van der Waals surface area contributed by atoms with Crippen LogP contribution in [0.5, 0.6) is 0 Å². The van der Waals surface area contributed by atoms with Crippen LogP contribution in [0.4, 0.5) is 8.78 Å². The van der Waals surface area contributed by atoms with Crippen molar-refractivity contribution >= 4 is 5.78 Å². The maximum Gasteiger partial charge on any atom is 0.165 e. The number of hydrogen-bond donors (Lipinski definition) is 1. The molecule has 1 N–H and O–H groups in total. The maximum absolute atomic E-state index is 13.2. The molecular formula is C52H56F2N8O. The summed E-state index contributed by atoms with van der Waals surface area (Å²) in [4.78, 5) is 19.4. The van der Waals surface area contributed by atoms with E-state index in [1.165, 1.54) is 70.7 Å². The van der Waals surface area contributed by atoms with E-state index in [4.69, 9.17) is 0 Å². The number of nitrogens with one attached hydrogen (secondary N) is 1. The Morgan fingerprint density at radius 2 is 1.05 bits per heavy atom. The highest BCUT2D eigenvalue weighted by molar-refractivity contribution is 6.00. The molecule has 12 rings (SSSR count). The molecule has 6 aromatic rings. The fourth-order valence-corrected chi connectivity index (χ4v) is 11.2. The largest absolute Gasteiger partial charge is 0.383 e. The zero-order valence-corrected chi connectivity index (χ0v) is 36.2. The first kappa shape index (κ1) is 41.3. The molecule has 3 saturated heterocycles. The lowest BCUT2D eigenvalue weighted by molar-refractivity contribution is -0.118. The topological polar surface area (TPSA) is 74.5 Å². The van der Waals surface area contributed by atoms with Crippen molar-refractivity contribution in [2.75, 3.05) is 53.4 Å². The standard InChI is InChI=1S/C21H20FN3.C17H22N2O.C14H14FN3/c22-18-6-8-19(9-7-18)25-21-17-10-16(20(21)11-23-25)13-24(14-17)12-15-4-2-1-3-5-15;1-18(2)12-16-14-8-15(17(16)20)11-19(10-14)9-13-6-4-3-5-7-13;15-11-1-3-12(4-2-11)18-14-10-5-9(6-16-7-10)13(14)8-17-18/h1-9,11,16-17H,10,12-14H2;3-7,12,14-15H,8-11H2,1-2H3;1-4,8-10,16H,5-7H2/b;16-12-;. The molecule has 0 radical (unpaired) electrons. The third kappa shape index (κ3) is 8.66. The fourth-order valence-electron chi connectivity index (χ4n) is 11.2. The third-order valence-corrected chi connectivity index (χ3v) is 13.9. The average molecular weight is 847 g/mol. The fraction of sp³-hybridized carbons (Fsp3) is 0.365. The van der Waals surface area contributed by atoms with Crippen LogP contribution in [0, 0.1) is 23.5 Å². The molecule has 6 atom stereocenters. The van der Waals surface area contributed by atoms with Crippen molar-refractivity contribution < 1.29 is 13.6 Å². The van der Waals surface area contributed by atoms with Crippen LogP contribution >= 0.6 is 0 Å². The Balaban J connectivity index is 0.000000114. The molecule has 9 nitrogen and oxygen atoms in total. The number of hydrogen-bond acceptors (Lipinski definition) is 7. The Labute approximate surface area is 369 Å². The number of fused-ring (bicyclic) bond motifs is 12. The van der Waals surface area contributed by atoms with Crippen molar-refractivity contribution in [3.63, 3.8) is 0 Å². The van der Waals surface area contributed by atoms with E-state index in [1.54, 1.807) is 12.1 Å². The van der Waals surface area contributed by atoms with Crippen molar-refractivity contribution in [1.29, 1.82) is 0 Å². The lowest BCUT2D eigenvalue weighted by atomic mass is 9.95. The molecule has 11 heteroatoms. The van der Waals surface area contributed by atoms with Crippen LogP contribution < -0.4 is 5.32 Å². The highest BCUT2D eigenvalue weighted by atomic mass is 19.1. The summed E-state index contributed by atoms with van der Waals surface area (Å²) in [6.45, 7) is 8.11. The van der Waals surface area contributed by atoms with Crippen LogP contribution in [0.1, 0.15) is 76.6 Å². The molecule has 6 aliphatic rings. The van der Waals surface area contributed by atoms with Gasteiger partial charge >= 0.3 is 0 Å². The summed E-state index contributed by atoms with van der Waals surface area (Å²) in [5, 5.41) is 12.6. The summed E-state index contributed by atoms with van der Waals surface area (Å²) in [5.74, 6) is 2.81. The SMILES string of the molecule is CN(C)/C=C1\C(=O)C2CC1CN(Cc1ccccc1)C2.Fc1ccc(-n2ncc3c2C2CC3CN(Cc3ccccc3)C2)cc1.Fc1ccc(-n2ncc3c2C2CNCC3C2)cc1. The van der Waals surface area contributed by atoms with Gasteiger partial charge in [-0.2, -0.15) is 10.2 Å². The second-order valence-electron chi connectivity index (χ2n) is 18.6. The van der Waals surface area contributed by atoms with Crippen LogP contribution in [-0.4, -0.2) is 93.4 Å². The number of likely N-dealkylation sites (tertiary alicyclic amines) is 2. The van der Waals surface area contributed by atoms with E-state index in [9.17, 15) is 13.6 Å². The zero-order valence-electron chi connectivity index (χ0n) is 36.2. The van der Waals surface area contributed by atoms with Gasteiger partial charge in [0.15, 0.2) is 5.78 Å². The molecule has 63 heavy (non-hydrogen) atoms. The van der Waals surface area contributed by atoms with Gasteiger partial charge in [0.1, 0.15) is 11.6 Å². The minimum Gasteiger partial charge on any atom is -0.383 e. The monoisotopic (exact) mass is 846 g/mol. The van der Waals surface area contributed by atoms with Crippen LogP contribution in [0.25, 0.3) is 11.4 Å². The smallest absolute Gasteiger partial charge is 0.165 e. The van der Waals surface area contributed by atoms with Gasteiger partial charge in [0, 0.05) is 114 Å². The molecule has 6 unspecified atom stereocenters. The molecule has 4 fully saturated rings. The normalized spacial score (nSPS) is 24.9. The van der Waals surface area contributed by atoms with Crippen LogP contribution in [0.2, 0.25) is 0 Å². The number of rotatable bonds is 7. The first-order chi connectivity index (χ1) is 30.7. The molecule has 1 saturated carbocycles. The number of carbonyl (C=O) groups excluding carboxylic acids is 1. The predicted molar refractivity (Wildman–Crippen MR) is 242 cm³/mol. The number of Topliss-reactive ketones (excluding diaryl/α,β-unsaturated/α-hetero) is 1. The van der Waals surface area contributed by atoms with Gasteiger partial charge in [-0.3, -0.25) is 14.6 Å². The first-order valence-electron chi connectivity index (χ1n) is 22.6. The predicted octanol–water partition coefficient (Wildman–Crippen LogP) is 8.44. The van der Waals surface area contributed by atoms with E-state index in [1.807, 2.05) is 65.2 Å². The molecule has 0 amide bonds. The highest BCUT2D eigenvalue weighted by Crippen LogP contribution is 2.47. The minimum atomic E-state index is -0.208.